The molecule has 1 saturated heterocycles. The number of likely N-dealkylation sites (tertiary alicyclic amines) is 1. The first-order valence-corrected chi connectivity index (χ1v) is 10.7. The van der Waals surface area contributed by atoms with Gasteiger partial charge in [-0.25, -0.2) is 22.5 Å². The number of pyridine rings is 1. The van der Waals surface area contributed by atoms with Crippen molar-refractivity contribution < 1.29 is 27.1 Å². The number of hydrogen-bond acceptors (Lipinski definition) is 4. The summed E-state index contributed by atoms with van der Waals surface area (Å²) in [6.45, 7) is 1.69. The van der Waals surface area contributed by atoms with Crippen LogP contribution < -0.4 is 10.0 Å². The molecule has 0 radical (unpaired) electrons. The number of nitrogens with zero attached hydrogens (tertiary/aromatic N) is 4. The Balaban J connectivity index is 1.40. The van der Waals surface area contributed by atoms with Gasteiger partial charge in [-0.1, -0.05) is 6.07 Å². The standard InChI is InChI=1S/C23H23F4N5O2/c1-15(31-9-6-23(26,27)19(12-31)16-4-7-32(34)8-5-16)22(33)29-21-13-30(14-28-21)11-17-2-3-18(24)10-20(17)25/h2-5,7-8,10,13-15,19H,6,9,11-12H2,1H3,(H,29,33)/t15-,19-/m0/s1. The molecule has 1 fully saturated rings. The van der Waals surface area contributed by atoms with Crippen LogP contribution in [0.25, 0.3) is 0 Å². The second-order valence-electron chi connectivity index (χ2n) is 8.38. The minimum atomic E-state index is -2.96. The van der Waals surface area contributed by atoms with Gasteiger partial charge in [0, 0.05) is 49.5 Å². The second-order valence-corrected chi connectivity index (χ2v) is 8.38. The van der Waals surface area contributed by atoms with Crippen LogP contribution in [0.4, 0.5) is 23.4 Å². The van der Waals surface area contributed by atoms with Crippen LogP contribution in [0.5, 0.6) is 0 Å². The molecule has 0 unspecified atom stereocenters. The minimum Gasteiger partial charge on any atom is -0.619 e. The fraction of sp³-hybridized carbons (Fsp3) is 0.348. The van der Waals surface area contributed by atoms with Crippen LogP contribution in [0.15, 0.2) is 55.2 Å². The average molecular weight is 477 g/mol. The Kier molecular flexibility index (Phi) is 6.56. The molecule has 0 bridgehead atoms. The lowest BCUT2D eigenvalue weighted by Crippen LogP contribution is -2.52. The number of amides is 1. The predicted octanol–water partition coefficient (Wildman–Crippen LogP) is 3.29. The number of carbonyl (C=O) groups is 1. The molecule has 1 aliphatic heterocycles. The van der Waals surface area contributed by atoms with Crippen molar-refractivity contribution in [3.8, 4) is 0 Å². The Labute approximate surface area is 193 Å². The van der Waals surface area contributed by atoms with E-state index in [0.717, 1.165) is 12.1 Å². The monoisotopic (exact) mass is 477 g/mol. The van der Waals surface area contributed by atoms with Crippen molar-refractivity contribution in [2.45, 2.75) is 37.8 Å². The number of halogens is 4. The Morgan fingerprint density at radius 3 is 2.74 bits per heavy atom. The topological polar surface area (TPSA) is 77.1 Å². The fourth-order valence-electron chi connectivity index (χ4n) is 4.04. The van der Waals surface area contributed by atoms with Gasteiger partial charge in [0.25, 0.3) is 5.92 Å². The summed E-state index contributed by atoms with van der Waals surface area (Å²) in [4.78, 5) is 18.5. The van der Waals surface area contributed by atoms with Gasteiger partial charge in [-0.05, 0) is 18.6 Å². The maximum absolute atomic E-state index is 14.6. The summed E-state index contributed by atoms with van der Waals surface area (Å²) >= 11 is 0. The Morgan fingerprint density at radius 2 is 2.03 bits per heavy atom. The molecule has 7 nitrogen and oxygen atoms in total. The van der Waals surface area contributed by atoms with Crippen LogP contribution >= 0.6 is 0 Å². The number of alkyl halides is 2. The fourth-order valence-corrected chi connectivity index (χ4v) is 4.04. The van der Waals surface area contributed by atoms with Crippen molar-refractivity contribution in [1.82, 2.24) is 14.5 Å². The van der Waals surface area contributed by atoms with Gasteiger partial charge >= 0.3 is 0 Å². The van der Waals surface area contributed by atoms with Crippen molar-refractivity contribution in [3.63, 3.8) is 0 Å². The molecule has 1 aliphatic rings. The highest BCUT2D eigenvalue weighted by Crippen LogP contribution is 2.40. The van der Waals surface area contributed by atoms with Gasteiger partial charge in [0.1, 0.15) is 11.6 Å². The van der Waals surface area contributed by atoms with E-state index in [9.17, 15) is 27.6 Å². The highest BCUT2D eigenvalue weighted by atomic mass is 19.3. The van der Waals surface area contributed by atoms with E-state index in [4.69, 9.17) is 0 Å². The van der Waals surface area contributed by atoms with E-state index in [0.29, 0.717) is 10.3 Å². The molecule has 1 aromatic carbocycles. The first-order valence-electron chi connectivity index (χ1n) is 10.7. The molecule has 34 heavy (non-hydrogen) atoms. The molecule has 0 saturated carbocycles. The summed E-state index contributed by atoms with van der Waals surface area (Å²) in [6.07, 6.45) is 4.84. The zero-order valence-corrected chi connectivity index (χ0v) is 18.3. The van der Waals surface area contributed by atoms with Gasteiger partial charge in [0.05, 0.1) is 24.8 Å². The van der Waals surface area contributed by atoms with E-state index in [1.165, 1.54) is 47.7 Å². The van der Waals surface area contributed by atoms with E-state index in [2.05, 4.69) is 10.3 Å². The molecule has 180 valence electrons. The number of nitrogens with one attached hydrogen (secondary N) is 1. The molecular weight excluding hydrogens is 454 g/mol. The Morgan fingerprint density at radius 1 is 1.29 bits per heavy atom. The maximum atomic E-state index is 14.6. The van der Waals surface area contributed by atoms with Crippen LogP contribution in [-0.2, 0) is 11.3 Å². The van der Waals surface area contributed by atoms with Gasteiger partial charge in [0.15, 0.2) is 18.2 Å². The van der Waals surface area contributed by atoms with E-state index >= 15 is 0 Å². The highest BCUT2D eigenvalue weighted by Gasteiger charge is 2.46. The minimum absolute atomic E-state index is 0.0325. The number of imidazole rings is 1. The number of piperidine rings is 1. The summed E-state index contributed by atoms with van der Waals surface area (Å²) in [6, 6.07) is 5.30. The van der Waals surface area contributed by atoms with E-state index < -0.39 is 41.8 Å². The molecule has 2 atom stereocenters. The van der Waals surface area contributed by atoms with E-state index in [-0.39, 0.29) is 31.0 Å². The van der Waals surface area contributed by atoms with Crippen molar-refractivity contribution in [3.05, 3.63) is 83.2 Å². The molecule has 1 amide bonds. The number of hydrogen-bond donors (Lipinski definition) is 1. The van der Waals surface area contributed by atoms with Crippen LogP contribution in [0, 0.1) is 16.8 Å². The first-order chi connectivity index (χ1) is 16.1. The van der Waals surface area contributed by atoms with Crippen LogP contribution in [0.2, 0.25) is 0 Å². The number of carbonyl (C=O) groups excluding carboxylic acids is 1. The maximum Gasteiger partial charge on any atom is 0.257 e. The summed E-state index contributed by atoms with van der Waals surface area (Å²) in [7, 11) is 0. The second kappa shape index (κ2) is 9.41. The van der Waals surface area contributed by atoms with E-state index in [1.54, 1.807) is 11.8 Å². The Hall–Kier alpha value is -3.47. The van der Waals surface area contributed by atoms with Crippen molar-refractivity contribution in [2.24, 2.45) is 0 Å². The predicted molar refractivity (Wildman–Crippen MR) is 115 cm³/mol. The average Bonchev–Trinajstić information content (AvgIpc) is 3.22. The molecule has 11 heteroatoms. The summed E-state index contributed by atoms with van der Waals surface area (Å²) in [5.74, 6) is -5.67. The van der Waals surface area contributed by atoms with Gasteiger partial charge in [-0.15, -0.1) is 0 Å². The van der Waals surface area contributed by atoms with Crippen LogP contribution in [0.1, 0.15) is 30.4 Å². The normalized spacial score (nSPS) is 19.0. The summed E-state index contributed by atoms with van der Waals surface area (Å²) in [5, 5.41) is 13.9. The number of rotatable bonds is 6. The van der Waals surface area contributed by atoms with E-state index in [1.807, 2.05) is 0 Å². The summed E-state index contributed by atoms with van der Waals surface area (Å²) in [5.41, 5.74) is 0.593. The molecule has 4 rings (SSSR count). The molecule has 1 N–H and O–H groups in total. The molecule has 2 aromatic heterocycles. The third kappa shape index (κ3) is 5.19. The van der Waals surface area contributed by atoms with Gasteiger partial charge in [0.2, 0.25) is 5.91 Å². The lowest BCUT2D eigenvalue weighted by Gasteiger charge is -2.40. The Bertz CT molecular complexity index is 1170. The van der Waals surface area contributed by atoms with Gasteiger partial charge < -0.3 is 15.1 Å². The molecule has 3 aromatic rings. The lowest BCUT2D eigenvalue weighted by atomic mass is 9.87. The summed E-state index contributed by atoms with van der Waals surface area (Å²) < 4.78 is 58.2. The first kappa shape index (κ1) is 23.7. The quantitative estimate of drug-likeness (QED) is 0.336. The zero-order valence-electron chi connectivity index (χ0n) is 18.3. The van der Waals surface area contributed by atoms with Gasteiger partial charge in [-0.2, -0.15) is 4.73 Å². The largest absolute Gasteiger partial charge is 0.619 e. The van der Waals surface area contributed by atoms with Crippen LogP contribution in [-0.4, -0.2) is 45.4 Å². The number of anilines is 1. The highest BCUT2D eigenvalue weighted by molar-refractivity contribution is 5.93. The van der Waals surface area contributed by atoms with Crippen molar-refractivity contribution in [1.29, 1.82) is 0 Å². The van der Waals surface area contributed by atoms with Crippen molar-refractivity contribution >= 4 is 11.7 Å². The number of benzene rings is 1. The zero-order chi connectivity index (χ0) is 24.5. The third-order valence-corrected chi connectivity index (χ3v) is 6.07. The number of aromatic nitrogens is 3. The van der Waals surface area contributed by atoms with Crippen molar-refractivity contribution in [2.75, 3.05) is 18.4 Å². The van der Waals surface area contributed by atoms with Crippen LogP contribution in [0.3, 0.4) is 0 Å². The lowest BCUT2D eigenvalue weighted by molar-refractivity contribution is -0.605. The molecular formula is C23H23F4N5O2. The third-order valence-electron chi connectivity index (χ3n) is 6.07. The van der Waals surface area contributed by atoms with Gasteiger partial charge in [-0.3, -0.25) is 9.69 Å². The SMILES string of the molecule is C[C@@H](C(=O)Nc1cn(Cc2ccc(F)cc2F)cn1)N1CCC(F)(F)[C@H](c2cc[n+]([O-])cc2)C1. The molecule has 0 spiro atoms. The molecule has 3 heterocycles. The smallest absolute Gasteiger partial charge is 0.257 e. The molecule has 0 aliphatic carbocycles.